The SMILES string of the molecule is NC(=O)c1ccccc1OCC(=O)OCc1cc(-c2ccco2)on1. The zero-order valence-corrected chi connectivity index (χ0v) is 13.0. The van der Waals surface area contributed by atoms with Gasteiger partial charge in [-0.3, -0.25) is 4.79 Å². The number of benzene rings is 1. The lowest BCUT2D eigenvalue weighted by atomic mass is 10.2. The predicted molar refractivity (Wildman–Crippen MR) is 84.5 cm³/mol. The molecule has 0 saturated carbocycles. The molecule has 0 bridgehead atoms. The fourth-order valence-electron chi connectivity index (χ4n) is 2.04. The molecule has 0 unspecified atom stereocenters. The summed E-state index contributed by atoms with van der Waals surface area (Å²) in [6, 6.07) is 11.4. The van der Waals surface area contributed by atoms with E-state index in [1.54, 1.807) is 36.4 Å². The van der Waals surface area contributed by atoms with Gasteiger partial charge in [0, 0.05) is 6.07 Å². The Morgan fingerprint density at radius 1 is 1.12 bits per heavy atom. The van der Waals surface area contributed by atoms with Crippen LogP contribution in [0.2, 0.25) is 0 Å². The highest BCUT2D eigenvalue weighted by molar-refractivity contribution is 5.95. The maximum Gasteiger partial charge on any atom is 0.344 e. The molecule has 0 fully saturated rings. The lowest BCUT2D eigenvalue weighted by molar-refractivity contribution is -0.147. The molecule has 1 aromatic carbocycles. The summed E-state index contributed by atoms with van der Waals surface area (Å²) in [4.78, 5) is 23.0. The summed E-state index contributed by atoms with van der Waals surface area (Å²) in [5.74, 6) is -0.0912. The van der Waals surface area contributed by atoms with Crippen LogP contribution < -0.4 is 10.5 Å². The molecule has 0 aliphatic rings. The Labute approximate surface area is 142 Å². The zero-order chi connectivity index (χ0) is 17.6. The molecule has 3 aromatic rings. The number of nitrogens with zero attached hydrogens (tertiary/aromatic N) is 1. The van der Waals surface area contributed by atoms with Crippen LogP contribution in [0.1, 0.15) is 16.1 Å². The number of carbonyl (C=O) groups is 2. The lowest BCUT2D eigenvalue weighted by Gasteiger charge is -2.08. The van der Waals surface area contributed by atoms with Crippen LogP contribution >= 0.6 is 0 Å². The number of nitrogens with two attached hydrogens (primary N) is 1. The van der Waals surface area contributed by atoms with Crippen LogP contribution in [0.4, 0.5) is 0 Å². The second kappa shape index (κ2) is 7.35. The van der Waals surface area contributed by atoms with Crippen molar-refractivity contribution in [1.82, 2.24) is 5.16 Å². The van der Waals surface area contributed by atoms with Crippen LogP contribution in [0.15, 0.2) is 57.7 Å². The molecule has 2 N–H and O–H groups in total. The van der Waals surface area contributed by atoms with Crippen molar-refractivity contribution in [3.8, 4) is 17.3 Å². The molecule has 25 heavy (non-hydrogen) atoms. The van der Waals surface area contributed by atoms with E-state index in [0.29, 0.717) is 17.2 Å². The monoisotopic (exact) mass is 342 g/mol. The van der Waals surface area contributed by atoms with E-state index in [9.17, 15) is 9.59 Å². The van der Waals surface area contributed by atoms with E-state index < -0.39 is 11.9 Å². The highest BCUT2D eigenvalue weighted by Crippen LogP contribution is 2.21. The molecule has 2 heterocycles. The summed E-state index contributed by atoms with van der Waals surface area (Å²) in [6.45, 7) is -0.447. The van der Waals surface area contributed by atoms with Gasteiger partial charge in [0.2, 0.25) is 5.76 Å². The topological polar surface area (TPSA) is 118 Å². The quantitative estimate of drug-likeness (QED) is 0.654. The summed E-state index contributed by atoms with van der Waals surface area (Å²) in [7, 11) is 0. The minimum absolute atomic E-state index is 0.0795. The highest BCUT2D eigenvalue weighted by atomic mass is 16.6. The number of carbonyl (C=O) groups excluding carboxylic acids is 2. The van der Waals surface area contributed by atoms with E-state index in [4.69, 9.17) is 24.1 Å². The van der Waals surface area contributed by atoms with Crippen molar-refractivity contribution < 1.29 is 28.0 Å². The van der Waals surface area contributed by atoms with E-state index in [0.717, 1.165) is 0 Å². The summed E-state index contributed by atoms with van der Waals surface area (Å²) >= 11 is 0. The number of primary amides is 1. The molecule has 0 aliphatic heterocycles. The van der Waals surface area contributed by atoms with Crippen molar-refractivity contribution in [2.24, 2.45) is 5.73 Å². The Bertz CT molecular complexity index is 869. The molecule has 0 spiro atoms. The van der Waals surface area contributed by atoms with Crippen LogP contribution in [0, 0.1) is 0 Å². The standard InChI is InChI=1S/C17H14N2O6/c18-17(21)12-4-1-2-5-13(12)23-10-16(20)24-9-11-8-15(25-19-11)14-6-3-7-22-14/h1-8H,9-10H2,(H2,18,21). The number of hydrogen-bond acceptors (Lipinski definition) is 7. The molecule has 128 valence electrons. The van der Waals surface area contributed by atoms with Gasteiger partial charge in [0.25, 0.3) is 5.91 Å². The molecule has 0 saturated heterocycles. The van der Waals surface area contributed by atoms with Gasteiger partial charge >= 0.3 is 5.97 Å². The van der Waals surface area contributed by atoms with Crippen molar-refractivity contribution in [1.29, 1.82) is 0 Å². The molecule has 3 rings (SSSR count). The van der Waals surface area contributed by atoms with Gasteiger partial charge in [-0.1, -0.05) is 17.3 Å². The van der Waals surface area contributed by atoms with Crippen LogP contribution in [0.5, 0.6) is 5.75 Å². The van der Waals surface area contributed by atoms with E-state index >= 15 is 0 Å². The Morgan fingerprint density at radius 3 is 2.72 bits per heavy atom. The van der Waals surface area contributed by atoms with E-state index in [1.165, 1.54) is 12.3 Å². The average molecular weight is 342 g/mol. The first kappa shape index (κ1) is 16.3. The number of rotatable bonds is 7. The first-order chi connectivity index (χ1) is 12.1. The fraction of sp³-hybridized carbons (Fsp3) is 0.118. The van der Waals surface area contributed by atoms with E-state index in [2.05, 4.69) is 5.16 Å². The Kier molecular flexibility index (Phi) is 4.79. The van der Waals surface area contributed by atoms with Crippen LogP contribution in [-0.2, 0) is 16.1 Å². The Hall–Kier alpha value is -3.55. The van der Waals surface area contributed by atoms with Gasteiger partial charge in [-0.05, 0) is 24.3 Å². The molecular weight excluding hydrogens is 328 g/mol. The van der Waals surface area contributed by atoms with Gasteiger partial charge in [0.1, 0.15) is 18.1 Å². The van der Waals surface area contributed by atoms with Crippen molar-refractivity contribution in [3.63, 3.8) is 0 Å². The fourth-order valence-corrected chi connectivity index (χ4v) is 2.04. The summed E-state index contributed by atoms with van der Waals surface area (Å²) in [6.07, 6.45) is 1.51. The molecule has 2 aromatic heterocycles. The predicted octanol–water partition coefficient (Wildman–Crippen LogP) is 2.16. The van der Waals surface area contributed by atoms with Gasteiger partial charge in [-0.15, -0.1) is 0 Å². The second-order valence-corrected chi connectivity index (χ2v) is 4.97. The number of ether oxygens (including phenoxy) is 2. The Morgan fingerprint density at radius 2 is 1.96 bits per heavy atom. The molecule has 0 aliphatic carbocycles. The number of esters is 1. The smallest absolute Gasteiger partial charge is 0.344 e. The van der Waals surface area contributed by atoms with Crippen LogP contribution in [0.25, 0.3) is 11.5 Å². The van der Waals surface area contributed by atoms with Gasteiger partial charge in [0.05, 0.1) is 11.8 Å². The lowest BCUT2D eigenvalue weighted by Crippen LogP contribution is -2.18. The van der Waals surface area contributed by atoms with Gasteiger partial charge in [-0.25, -0.2) is 4.79 Å². The number of aromatic nitrogens is 1. The number of hydrogen-bond donors (Lipinski definition) is 1. The third kappa shape index (κ3) is 4.05. The van der Waals surface area contributed by atoms with Crippen molar-refractivity contribution in [2.75, 3.05) is 6.61 Å². The third-order valence-electron chi connectivity index (χ3n) is 3.20. The van der Waals surface area contributed by atoms with Crippen molar-refractivity contribution in [3.05, 3.63) is 60.0 Å². The van der Waals surface area contributed by atoms with Gasteiger partial charge < -0.3 is 24.1 Å². The van der Waals surface area contributed by atoms with Crippen molar-refractivity contribution in [2.45, 2.75) is 6.61 Å². The summed E-state index contributed by atoms with van der Waals surface area (Å²) in [5, 5.41) is 3.79. The van der Waals surface area contributed by atoms with Crippen LogP contribution in [0.3, 0.4) is 0 Å². The minimum Gasteiger partial charge on any atom is -0.481 e. The third-order valence-corrected chi connectivity index (χ3v) is 3.20. The second-order valence-electron chi connectivity index (χ2n) is 4.97. The maximum atomic E-state index is 11.8. The number of furan rings is 1. The summed E-state index contributed by atoms with van der Waals surface area (Å²) in [5.41, 5.74) is 5.85. The van der Waals surface area contributed by atoms with Crippen LogP contribution in [-0.4, -0.2) is 23.6 Å². The molecule has 1 amide bonds. The summed E-state index contributed by atoms with van der Waals surface area (Å²) < 4.78 is 20.6. The molecule has 0 radical (unpaired) electrons. The largest absolute Gasteiger partial charge is 0.481 e. The van der Waals surface area contributed by atoms with E-state index in [1.807, 2.05) is 0 Å². The first-order valence-corrected chi connectivity index (χ1v) is 7.30. The number of para-hydroxylation sites is 1. The molecule has 0 atom stereocenters. The van der Waals surface area contributed by atoms with Gasteiger partial charge in [0.15, 0.2) is 12.4 Å². The normalized spacial score (nSPS) is 10.4. The zero-order valence-electron chi connectivity index (χ0n) is 13.0. The number of amides is 1. The maximum absolute atomic E-state index is 11.8. The molecule has 8 nitrogen and oxygen atoms in total. The minimum atomic E-state index is -0.642. The average Bonchev–Trinajstić information content (AvgIpc) is 3.29. The first-order valence-electron chi connectivity index (χ1n) is 7.30. The Balaban J connectivity index is 1.51. The highest BCUT2D eigenvalue weighted by Gasteiger charge is 2.13. The molecule has 8 heteroatoms. The molecular formula is C17H14N2O6. The van der Waals surface area contributed by atoms with Gasteiger partial charge in [-0.2, -0.15) is 0 Å². The van der Waals surface area contributed by atoms with E-state index in [-0.39, 0.29) is 24.5 Å². The van der Waals surface area contributed by atoms with Crippen molar-refractivity contribution >= 4 is 11.9 Å².